The first kappa shape index (κ1) is 14.5. The van der Waals surface area contributed by atoms with Crippen LogP contribution < -0.4 is 10.5 Å². The van der Waals surface area contributed by atoms with Crippen LogP contribution in [0.5, 0.6) is 11.6 Å². The lowest BCUT2D eigenvalue weighted by molar-refractivity contribution is 0.0692. The van der Waals surface area contributed by atoms with Gasteiger partial charge in [0.05, 0.1) is 5.56 Å². The molecule has 1 heterocycles. The van der Waals surface area contributed by atoms with E-state index in [2.05, 4.69) is 4.98 Å². The summed E-state index contributed by atoms with van der Waals surface area (Å²) in [7, 11) is 0. The molecule has 0 aliphatic carbocycles. The van der Waals surface area contributed by atoms with Crippen LogP contribution in [0.1, 0.15) is 32.0 Å². The highest BCUT2D eigenvalue weighted by Crippen LogP contribution is 2.28. The van der Waals surface area contributed by atoms with Gasteiger partial charge in [-0.3, -0.25) is 4.79 Å². The smallest absolute Gasteiger partial charge is 0.341 e. The van der Waals surface area contributed by atoms with Gasteiger partial charge >= 0.3 is 5.97 Å². The van der Waals surface area contributed by atoms with Crippen molar-refractivity contribution in [3.8, 4) is 11.6 Å². The predicted octanol–water partition coefficient (Wildman–Crippen LogP) is 2.29. The van der Waals surface area contributed by atoms with Gasteiger partial charge < -0.3 is 15.6 Å². The standard InChI is InChI=1S/C15H14N2O4/c1-8-7-9(2)17-14(12(8)15(19)20)21-11-6-4-3-5-10(11)13(16)18/h3-7H,1-2H3,(H2,16,18)(H,19,20). The number of aryl methyl sites for hydroxylation is 2. The van der Waals surface area contributed by atoms with E-state index in [1.807, 2.05) is 0 Å². The number of ether oxygens (including phenoxy) is 1. The van der Waals surface area contributed by atoms with Crippen LogP contribution in [0.2, 0.25) is 0 Å². The minimum atomic E-state index is -1.15. The number of carbonyl (C=O) groups is 2. The van der Waals surface area contributed by atoms with Crippen LogP contribution in [0.3, 0.4) is 0 Å². The Morgan fingerprint density at radius 1 is 1.24 bits per heavy atom. The van der Waals surface area contributed by atoms with E-state index >= 15 is 0 Å². The van der Waals surface area contributed by atoms with Crippen molar-refractivity contribution in [1.82, 2.24) is 4.98 Å². The van der Waals surface area contributed by atoms with Gasteiger partial charge in [0.1, 0.15) is 11.3 Å². The summed E-state index contributed by atoms with van der Waals surface area (Å²) in [5.41, 5.74) is 6.53. The molecule has 0 spiro atoms. The molecule has 0 fully saturated rings. The third-order valence-electron chi connectivity index (χ3n) is 2.88. The Kier molecular flexibility index (Phi) is 3.89. The topological polar surface area (TPSA) is 103 Å². The number of carbonyl (C=O) groups excluding carboxylic acids is 1. The molecule has 0 saturated heterocycles. The zero-order valence-electron chi connectivity index (χ0n) is 11.6. The fourth-order valence-electron chi connectivity index (χ4n) is 2.00. The number of hydrogen-bond donors (Lipinski definition) is 2. The second kappa shape index (κ2) is 5.62. The van der Waals surface area contributed by atoms with Crippen molar-refractivity contribution in [2.24, 2.45) is 5.73 Å². The monoisotopic (exact) mass is 286 g/mol. The van der Waals surface area contributed by atoms with Crippen molar-refractivity contribution >= 4 is 11.9 Å². The second-order valence-electron chi connectivity index (χ2n) is 4.53. The highest BCUT2D eigenvalue weighted by atomic mass is 16.5. The molecule has 0 saturated carbocycles. The molecule has 1 amide bonds. The van der Waals surface area contributed by atoms with Crippen molar-refractivity contribution < 1.29 is 19.4 Å². The number of hydrogen-bond acceptors (Lipinski definition) is 4. The van der Waals surface area contributed by atoms with Gasteiger partial charge in [-0.05, 0) is 37.6 Å². The maximum atomic E-state index is 11.4. The summed E-state index contributed by atoms with van der Waals surface area (Å²) in [6.45, 7) is 3.39. The SMILES string of the molecule is Cc1cc(C)c(C(=O)O)c(Oc2ccccc2C(N)=O)n1. The van der Waals surface area contributed by atoms with Crippen LogP contribution in [0, 0.1) is 13.8 Å². The van der Waals surface area contributed by atoms with Crippen LogP contribution in [-0.4, -0.2) is 22.0 Å². The van der Waals surface area contributed by atoms with Crippen molar-refractivity contribution in [1.29, 1.82) is 0 Å². The number of benzene rings is 1. The van der Waals surface area contributed by atoms with Crippen LogP contribution >= 0.6 is 0 Å². The van der Waals surface area contributed by atoms with E-state index in [1.165, 1.54) is 12.1 Å². The largest absolute Gasteiger partial charge is 0.477 e. The third kappa shape index (κ3) is 3.00. The normalized spacial score (nSPS) is 10.2. The molecule has 0 radical (unpaired) electrons. The first-order valence-corrected chi connectivity index (χ1v) is 6.18. The summed E-state index contributed by atoms with van der Waals surface area (Å²) < 4.78 is 5.53. The average molecular weight is 286 g/mol. The highest BCUT2D eigenvalue weighted by molar-refractivity contribution is 5.96. The van der Waals surface area contributed by atoms with Crippen molar-refractivity contribution in [2.75, 3.05) is 0 Å². The molecule has 0 aliphatic rings. The number of nitrogens with two attached hydrogens (primary N) is 1. The molecule has 0 unspecified atom stereocenters. The van der Waals surface area contributed by atoms with E-state index in [4.69, 9.17) is 10.5 Å². The van der Waals surface area contributed by atoms with E-state index in [-0.39, 0.29) is 22.8 Å². The number of carboxylic acids is 1. The van der Waals surface area contributed by atoms with Gasteiger partial charge in [-0.1, -0.05) is 12.1 Å². The molecule has 0 aliphatic heterocycles. The van der Waals surface area contributed by atoms with E-state index in [0.29, 0.717) is 11.3 Å². The lowest BCUT2D eigenvalue weighted by Crippen LogP contribution is -2.13. The number of carboxylic acid groups (broad SMARTS) is 1. The number of para-hydroxylation sites is 1. The summed E-state index contributed by atoms with van der Waals surface area (Å²) in [6, 6.07) is 7.98. The summed E-state index contributed by atoms with van der Waals surface area (Å²) in [5, 5.41) is 9.28. The molecule has 1 aromatic heterocycles. The molecule has 2 aromatic rings. The van der Waals surface area contributed by atoms with Gasteiger partial charge in [0.15, 0.2) is 0 Å². The first-order valence-electron chi connectivity index (χ1n) is 6.18. The maximum Gasteiger partial charge on any atom is 0.341 e. The lowest BCUT2D eigenvalue weighted by Gasteiger charge is -2.12. The van der Waals surface area contributed by atoms with Gasteiger partial charge in [-0.25, -0.2) is 9.78 Å². The zero-order chi connectivity index (χ0) is 15.6. The molecule has 6 nitrogen and oxygen atoms in total. The Morgan fingerprint density at radius 2 is 1.90 bits per heavy atom. The molecule has 108 valence electrons. The molecule has 1 aromatic carbocycles. The maximum absolute atomic E-state index is 11.4. The third-order valence-corrected chi connectivity index (χ3v) is 2.88. The lowest BCUT2D eigenvalue weighted by atomic mass is 10.1. The van der Waals surface area contributed by atoms with Crippen LogP contribution in [-0.2, 0) is 0 Å². The number of rotatable bonds is 4. The molecule has 0 atom stereocenters. The highest BCUT2D eigenvalue weighted by Gasteiger charge is 2.19. The number of amides is 1. The summed E-state index contributed by atoms with van der Waals surface area (Å²) in [6.07, 6.45) is 0. The quantitative estimate of drug-likeness (QED) is 0.897. The van der Waals surface area contributed by atoms with Gasteiger partial charge in [0.25, 0.3) is 5.91 Å². The summed E-state index contributed by atoms with van der Waals surface area (Å²) in [4.78, 5) is 26.8. The number of nitrogens with zero attached hydrogens (tertiary/aromatic N) is 1. The minimum absolute atomic E-state index is 0.0418. The molecule has 21 heavy (non-hydrogen) atoms. The molecular weight excluding hydrogens is 272 g/mol. The Labute approximate surface area is 121 Å². The van der Waals surface area contributed by atoms with Crippen molar-refractivity contribution in [2.45, 2.75) is 13.8 Å². The summed E-state index contributed by atoms with van der Waals surface area (Å²) in [5.74, 6) is -1.70. The molecule has 3 N–H and O–H groups in total. The predicted molar refractivity (Wildman–Crippen MR) is 75.7 cm³/mol. The second-order valence-corrected chi connectivity index (χ2v) is 4.53. The van der Waals surface area contributed by atoms with Gasteiger partial charge in [-0.15, -0.1) is 0 Å². The average Bonchev–Trinajstić information content (AvgIpc) is 2.37. The molecule has 0 bridgehead atoms. The Balaban J connectivity index is 2.54. The van der Waals surface area contributed by atoms with Crippen LogP contribution in [0.15, 0.2) is 30.3 Å². The Hall–Kier alpha value is -2.89. The van der Waals surface area contributed by atoms with E-state index in [0.717, 1.165) is 0 Å². The zero-order valence-corrected chi connectivity index (χ0v) is 11.6. The number of aromatic carboxylic acids is 1. The number of pyridine rings is 1. The Morgan fingerprint density at radius 3 is 2.52 bits per heavy atom. The fraction of sp³-hybridized carbons (Fsp3) is 0.133. The van der Waals surface area contributed by atoms with Crippen molar-refractivity contribution in [3.05, 3.63) is 52.7 Å². The van der Waals surface area contributed by atoms with Gasteiger partial charge in [-0.2, -0.15) is 0 Å². The number of aromatic nitrogens is 1. The van der Waals surface area contributed by atoms with E-state index < -0.39 is 11.9 Å². The fourth-order valence-corrected chi connectivity index (χ4v) is 2.00. The first-order chi connectivity index (χ1) is 9.90. The van der Waals surface area contributed by atoms with Gasteiger partial charge in [0.2, 0.25) is 5.88 Å². The van der Waals surface area contributed by atoms with Crippen LogP contribution in [0.4, 0.5) is 0 Å². The Bertz CT molecular complexity index is 726. The molecule has 6 heteroatoms. The molecular formula is C15H14N2O4. The van der Waals surface area contributed by atoms with E-state index in [1.54, 1.807) is 32.0 Å². The van der Waals surface area contributed by atoms with E-state index in [9.17, 15) is 14.7 Å². The van der Waals surface area contributed by atoms with Crippen molar-refractivity contribution in [3.63, 3.8) is 0 Å². The molecule has 2 rings (SSSR count). The summed E-state index contributed by atoms with van der Waals surface area (Å²) >= 11 is 0. The van der Waals surface area contributed by atoms with Crippen LogP contribution in [0.25, 0.3) is 0 Å². The van der Waals surface area contributed by atoms with Gasteiger partial charge in [0, 0.05) is 5.69 Å². The number of primary amides is 1. The minimum Gasteiger partial charge on any atom is -0.477 e.